The molecule has 0 spiro atoms. The summed E-state index contributed by atoms with van der Waals surface area (Å²) in [5.74, 6) is -1.44. The second-order valence-electron chi connectivity index (χ2n) is 5.68. The van der Waals surface area contributed by atoms with Gasteiger partial charge in [-0.15, -0.1) is 11.8 Å². The maximum Gasteiger partial charge on any atom is 0.303 e. The van der Waals surface area contributed by atoms with Gasteiger partial charge < -0.3 is 24.3 Å². The summed E-state index contributed by atoms with van der Waals surface area (Å²) in [6.07, 6.45) is -2.87. The lowest BCUT2D eigenvalue weighted by molar-refractivity contribution is -0.211. The van der Waals surface area contributed by atoms with Gasteiger partial charge in [0.2, 0.25) is 5.91 Å². The Morgan fingerprint density at radius 2 is 1.54 bits per heavy atom. The van der Waals surface area contributed by atoms with Crippen molar-refractivity contribution in [3.05, 3.63) is 0 Å². The van der Waals surface area contributed by atoms with E-state index in [9.17, 15) is 19.2 Å². The van der Waals surface area contributed by atoms with Crippen LogP contribution in [-0.2, 0) is 38.1 Å². The minimum Gasteiger partial charge on any atom is -0.463 e. The Balaban J connectivity index is 3.22. The first-order chi connectivity index (χ1) is 12.1. The van der Waals surface area contributed by atoms with Crippen molar-refractivity contribution in [2.24, 2.45) is 0 Å². The van der Waals surface area contributed by atoms with Gasteiger partial charge in [-0.05, 0) is 5.75 Å². The second-order valence-corrected chi connectivity index (χ2v) is 7.05. The summed E-state index contributed by atoms with van der Waals surface area (Å²) < 4.78 is 21.6. The Hall–Kier alpha value is -1.81. The number of esters is 3. The molecular weight excluding hydrogens is 366 g/mol. The van der Waals surface area contributed by atoms with Crippen LogP contribution in [0.1, 0.15) is 34.6 Å². The molecule has 148 valence electrons. The molecule has 0 bridgehead atoms. The van der Waals surface area contributed by atoms with Crippen LogP contribution in [0.4, 0.5) is 0 Å². The number of nitrogens with one attached hydrogen (secondary N) is 1. The molecule has 1 fully saturated rings. The molecule has 0 radical (unpaired) electrons. The van der Waals surface area contributed by atoms with Crippen LogP contribution in [-0.4, -0.2) is 66.0 Å². The van der Waals surface area contributed by atoms with Crippen LogP contribution in [0.25, 0.3) is 0 Å². The molecule has 1 saturated heterocycles. The van der Waals surface area contributed by atoms with Gasteiger partial charge in [-0.2, -0.15) is 0 Å². The van der Waals surface area contributed by atoms with Crippen molar-refractivity contribution < 1.29 is 38.1 Å². The van der Waals surface area contributed by atoms with E-state index in [2.05, 4.69) is 5.32 Å². The van der Waals surface area contributed by atoms with Crippen molar-refractivity contribution in [3.63, 3.8) is 0 Å². The molecule has 9 nitrogen and oxygen atoms in total. The zero-order valence-electron chi connectivity index (χ0n) is 15.5. The number of ether oxygens (including phenoxy) is 4. The highest BCUT2D eigenvalue weighted by atomic mass is 32.2. The lowest BCUT2D eigenvalue weighted by Crippen LogP contribution is -2.65. The fourth-order valence-corrected chi connectivity index (χ4v) is 3.58. The van der Waals surface area contributed by atoms with Crippen molar-refractivity contribution in [2.75, 3.05) is 12.4 Å². The Kier molecular flexibility index (Phi) is 8.86. The zero-order valence-corrected chi connectivity index (χ0v) is 16.3. The molecule has 0 aromatic rings. The SMILES string of the molecule is CCS[C@H]1O[C@H](COC(C)=O)[C@@H](OC(C)=O)[C@H](OC(C)=O)[C@H]1NC(C)=O. The average molecular weight is 391 g/mol. The summed E-state index contributed by atoms with van der Waals surface area (Å²) in [5.41, 5.74) is -0.583. The predicted molar refractivity (Wildman–Crippen MR) is 92.1 cm³/mol. The van der Waals surface area contributed by atoms with E-state index in [1.54, 1.807) is 0 Å². The average Bonchev–Trinajstić information content (AvgIpc) is 2.50. The number of thioether (sulfide) groups is 1. The monoisotopic (exact) mass is 391 g/mol. The van der Waals surface area contributed by atoms with Crippen LogP contribution >= 0.6 is 11.8 Å². The number of hydrogen-bond acceptors (Lipinski definition) is 9. The highest BCUT2D eigenvalue weighted by Gasteiger charge is 2.50. The summed E-state index contributed by atoms with van der Waals surface area (Å²) in [5, 5.41) is 2.70. The van der Waals surface area contributed by atoms with Crippen LogP contribution in [0.2, 0.25) is 0 Å². The smallest absolute Gasteiger partial charge is 0.303 e. The standard InChI is InChI=1S/C16H25NO8S/c1-6-26-16-13(17-8(2)18)15(24-11(5)21)14(23-10(4)20)12(25-16)7-22-9(3)19/h12-16H,6-7H2,1-5H3,(H,17,18)/t12-,13-,14-,15-,16-/m1/s1. The normalized spacial score (nSPS) is 28.0. The van der Waals surface area contributed by atoms with E-state index >= 15 is 0 Å². The molecule has 0 aliphatic carbocycles. The van der Waals surface area contributed by atoms with Crippen LogP contribution in [0.3, 0.4) is 0 Å². The number of amides is 1. The molecule has 0 aromatic carbocycles. The lowest BCUT2D eigenvalue weighted by Gasteiger charge is -2.45. The van der Waals surface area contributed by atoms with E-state index in [1.165, 1.54) is 39.5 Å². The first-order valence-electron chi connectivity index (χ1n) is 8.17. The summed E-state index contributed by atoms with van der Waals surface area (Å²) in [6, 6.07) is -0.737. The highest BCUT2D eigenvalue weighted by molar-refractivity contribution is 7.99. The molecule has 1 aliphatic heterocycles. The van der Waals surface area contributed by atoms with Crippen LogP contribution < -0.4 is 5.32 Å². The van der Waals surface area contributed by atoms with E-state index in [1.807, 2.05) is 6.92 Å². The molecule has 1 N–H and O–H groups in total. The minimum atomic E-state index is -1.04. The molecule has 0 aromatic heterocycles. The molecule has 10 heteroatoms. The minimum absolute atomic E-state index is 0.182. The van der Waals surface area contributed by atoms with Crippen molar-refractivity contribution >= 4 is 35.6 Å². The lowest BCUT2D eigenvalue weighted by atomic mass is 9.97. The van der Waals surface area contributed by atoms with Gasteiger partial charge in [0.05, 0.1) is 0 Å². The molecule has 26 heavy (non-hydrogen) atoms. The number of carbonyl (C=O) groups is 4. The summed E-state index contributed by atoms with van der Waals surface area (Å²) in [4.78, 5) is 45.9. The number of hydrogen-bond donors (Lipinski definition) is 1. The maximum atomic E-state index is 11.6. The summed E-state index contributed by atoms with van der Waals surface area (Å²) in [6.45, 7) is 6.70. The highest BCUT2D eigenvalue weighted by Crippen LogP contribution is 2.32. The molecule has 1 rings (SSSR count). The van der Waals surface area contributed by atoms with Gasteiger partial charge in [-0.25, -0.2) is 0 Å². The van der Waals surface area contributed by atoms with Gasteiger partial charge in [-0.1, -0.05) is 6.92 Å². The molecule has 5 atom stereocenters. The van der Waals surface area contributed by atoms with Crippen LogP contribution in [0, 0.1) is 0 Å². The van der Waals surface area contributed by atoms with Gasteiger partial charge in [0.25, 0.3) is 0 Å². The Morgan fingerprint density at radius 3 is 2.00 bits per heavy atom. The molecule has 1 heterocycles. The van der Waals surface area contributed by atoms with E-state index in [4.69, 9.17) is 18.9 Å². The number of carbonyl (C=O) groups excluding carboxylic acids is 4. The first-order valence-corrected chi connectivity index (χ1v) is 9.22. The van der Waals surface area contributed by atoms with Gasteiger partial charge in [0.1, 0.15) is 24.2 Å². The van der Waals surface area contributed by atoms with Gasteiger partial charge in [-0.3, -0.25) is 19.2 Å². The third kappa shape index (κ3) is 6.83. The number of rotatable bonds is 7. The van der Waals surface area contributed by atoms with Crippen LogP contribution in [0.5, 0.6) is 0 Å². The molecular formula is C16H25NO8S. The van der Waals surface area contributed by atoms with Crippen molar-refractivity contribution in [1.82, 2.24) is 5.32 Å². The molecule has 1 aliphatic rings. The molecule has 0 saturated carbocycles. The van der Waals surface area contributed by atoms with E-state index < -0.39 is 47.7 Å². The fraction of sp³-hybridized carbons (Fsp3) is 0.750. The van der Waals surface area contributed by atoms with Gasteiger partial charge >= 0.3 is 17.9 Å². The third-order valence-corrected chi connectivity index (χ3v) is 4.47. The Bertz CT molecular complexity index is 540. The van der Waals surface area contributed by atoms with Gasteiger partial charge in [0, 0.05) is 27.7 Å². The molecule has 0 unspecified atom stereocenters. The van der Waals surface area contributed by atoms with E-state index in [-0.39, 0.29) is 12.5 Å². The van der Waals surface area contributed by atoms with E-state index in [0.717, 1.165) is 0 Å². The summed E-state index contributed by atoms with van der Waals surface area (Å²) >= 11 is 1.38. The summed E-state index contributed by atoms with van der Waals surface area (Å²) in [7, 11) is 0. The quantitative estimate of drug-likeness (QED) is 0.486. The predicted octanol–water partition coefficient (Wildman–Crippen LogP) is 0.396. The first kappa shape index (κ1) is 22.2. The zero-order chi connectivity index (χ0) is 19.9. The molecule has 1 amide bonds. The Morgan fingerprint density at radius 1 is 0.962 bits per heavy atom. The van der Waals surface area contributed by atoms with Gasteiger partial charge in [0.15, 0.2) is 12.2 Å². The maximum absolute atomic E-state index is 11.6. The van der Waals surface area contributed by atoms with Crippen molar-refractivity contribution in [2.45, 2.75) is 64.4 Å². The van der Waals surface area contributed by atoms with Crippen LogP contribution in [0.15, 0.2) is 0 Å². The van der Waals surface area contributed by atoms with Crippen molar-refractivity contribution in [3.8, 4) is 0 Å². The topological polar surface area (TPSA) is 117 Å². The second kappa shape index (κ2) is 10.4. The van der Waals surface area contributed by atoms with E-state index in [0.29, 0.717) is 5.75 Å². The largest absolute Gasteiger partial charge is 0.463 e. The van der Waals surface area contributed by atoms with Crippen molar-refractivity contribution in [1.29, 1.82) is 0 Å². The fourth-order valence-electron chi connectivity index (χ4n) is 2.60. The Labute approximate surface area is 156 Å². The third-order valence-electron chi connectivity index (χ3n) is 3.40.